The van der Waals surface area contributed by atoms with Gasteiger partial charge in [0.05, 0.1) is 7.11 Å². The molecule has 1 saturated carbocycles. The molecule has 1 aliphatic rings. The molecule has 0 spiro atoms. The predicted octanol–water partition coefficient (Wildman–Crippen LogP) is 3.21. The molecule has 1 amide bonds. The van der Waals surface area contributed by atoms with Crippen molar-refractivity contribution in [3.63, 3.8) is 0 Å². The Morgan fingerprint density at radius 3 is 2.41 bits per heavy atom. The van der Waals surface area contributed by atoms with Crippen LogP contribution in [0.25, 0.3) is 0 Å². The molecule has 1 aliphatic carbocycles. The van der Waals surface area contributed by atoms with Crippen molar-refractivity contribution in [2.45, 2.75) is 32.1 Å². The SMILES string of the molecule is COc1ccc(NC(=O)C2CCCCC2)cc1. The van der Waals surface area contributed by atoms with Gasteiger partial charge in [0, 0.05) is 11.6 Å². The van der Waals surface area contributed by atoms with Crippen molar-refractivity contribution in [2.75, 3.05) is 12.4 Å². The van der Waals surface area contributed by atoms with Crippen molar-refractivity contribution in [1.29, 1.82) is 0 Å². The van der Waals surface area contributed by atoms with Gasteiger partial charge in [-0.2, -0.15) is 0 Å². The first-order chi connectivity index (χ1) is 8.29. The van der Waals surface area contributed by atoms with Crippen molar-refractivity contribution in [1.82, 2.24) is 0 Å². The highest BCUT2D eigenvalue weighted by Crippen LogP contribution is 2.25. The Bertz CT molecular complexity index is 366. The van der Waals surface area contributed by atoms with E-state index in [1.54, 1.807) is 7.11 Å². The standard InChI is InChI=1S/C14H19NO2/c1-17-13-9-7-12(8-10-13)15-14(16)11-5-3-2-4-6-11/h7-11H,2-6H2,1H3,(H,15,16). The van der Waals surface area contributed by atoms with Gasteiger partial charge in [-0.15, -0.1) is 0 Å². The summed E-state index contributed by atoms with van der Waals surface area (Å²) in [7, 11) is 1.63. The third-order valence-electron chi connectivity index (χ3n) is 3.33. The summed E-state index contributed by atoms with van der Waals surface area (Å²) in [6.07, 6.45) is 5.69. The minimum atomic E-state index is 0.162. The first kappa shape index (κ1) is 12.0. The maximum absolute atomic E-state index is 12.0. The summed E-state index contributed by atoms with van der Waals surface area (Å²) in [4.78, 5) is 12.0. The summed E-state index contributed by atoms with van der Waals surface area (Å²) in [5.41, 5.74) is 0.848. The fourth-order valence-corrected chi connectivity index (χ4v) is 2.28. The van der Waals surface area contributed by atoms with Crippen LogP contribution in [0.5, 0.6) is 5.75 Å². The van der Waals surface area contributed by atoms with Crippen molar-refractivity contribution in [3.8, 4) is 5.75 Å². The molecule has 92 valence electrons. The van der Waals surface area contributed by atoms with E-state index >= 15 is 0 Å². The molecule has 1 aromatic carbocycles. The van der Waals surface area contributed by atoms with E-state index in [0.717, 1.165) is 24.3 Å². The average Bonchev–Trinajstić information content (AvgIpc) is 2.40. The van der Waals surface area contributed by atoms with Gasteiger partial charge in [-0.05, 0) is 37.1 Å². The van der Waals surface area contributed by atoms with E-state index in [-0.39, 0.29) is 11.8 Å². The van der Waals surface area contributed by atoms with Crippen molar-refractivity contribution >= 4 is 11.6 Å². The molecule has 0 aliphatic heterocycles. The van der Waals surface area contributed by atoms with Gasteiger partial charge in [0.15, 0.2) is 0 Å². The van der Waals surface area contributed by atoms with Gasteiger partial charge in [-0.3, -0.25) is 4.79 Å². The summed E-state index contributed by atoms with van der Waals surface area (Å²) in [5, 5.41) is 2.97. The number of ether oxygens (including phenoxy) is 1. The normalized spacial score (nSPS) is 16.5. The highest BCUT2D eigenvalue weighted by atomic mass is 16.5. The lowest BCUT2D eigenvalue weighted by atomic mass is 9.88. The van der Waals surface area contributed by atoms with Gasteiger partial charge in [0.25, 0.3) is 0 Å². The van der Waals surface area contributed by atoms with Crippen LogP contribution in [0.2, 0.25) is 0 Å². The van der Waals surface area contributed by atoms with Gasteiger partial charge in [0.1, 0.15) is 5.75 Å². The fraction of sp³-hybridized carbons (Fsp3) is 0.500. The molecule has 0 radical (unpaired) electrons. The number of anilines is 1. The van der Waals surface area contributed by atoms with Crippen LogP contribution in [0.3, 0.4) is 0 Å². The van der Waals surface area contributed by atoms with Crippen LogP contribution >= 0.6 is 0 Å². The van der Waals surface area contributed by atoms with Crippen molar-refractivity contribution < 1.29 is 9.53 Å². The Hall–Kier alpha value is -1.51. The number of rotatable bonds is 3. The van der Waals surface area contributed by atoms with Gasteiger partial charge >= 0.3 is 0 Å². The molecular formula is C14H19NO2. The average molecular weight is 233 g/mol. The third kappa shape index (κ3) is 3.22. The monoisotopic (exact) mass is 233 g/mol. The highest BCUT2D eigenvalue weighted by molar-refractivity contribution is 5.92. The number of nitrogens with one attached hydrogen (secondary N) is 1. The number of amides is 1. The quantitative estimate of drug-likeness (QED) is 0.870. The highest BCUT2D eigenvalue weighted by Gasteiger charge is 2.20. The molecule has 0 saturated heterocycles. The molecule has 0 unspecified atom stereocenters. The molecule has 1 N–H and O–H groups in total. The zero-order chi connectivity index (χ0) is 12.1. The summed E-state index contributed by atoms with van der Waals surface area (Å²) in [6.45, 7) is 0. The molecule has 1 fully saturated rings. The lowest BCUT2D eigenvalue weighted by Gasteiger charge is -2.20. The molecule has 3 heteroatoms. The smallest absolute Gasteiger partial charge is 0.227 e. The summed E-state index contributed by atoms with van der Waals surface area (Å²) in [5.74, 6) is 1.17. The number of methoxy groups -OCH3 is 1. The zero-order valence-corrected chi connectivity index (χ0v) is 10.2. The maximum Gasteiger partial charge on any atom is 0.227 e. The third-order valence-corrected chi connectivity index (χ3v) is 3.33. The molecule has 0 bridgehead atoms. The second kappa shape index (κ2) is 5.71. The van der Waals surface area contributed by atoms with Crippen LogP contribution in [-0.4, -0.2) is 13.0 Å². The topological polar surface area (TPSA) is 38.3 Å². The minimum absolute atomic E-state index is 0.162. The van der Waals surface area contributed by atoms with E-state index in [9.17, 15) is 4.79 Å². The van der Waals surface area contributed by atoms with E-state index in [0.29, 0.717) is 0 Å². The molecule has 2 rings (SSSR count). The minimum Gasteiger partial charge on any atom is -0.497 e. The van der Waals surface area contributed by atoms with Crippen LogP contribution in [0.1, 0.15) is 32.1 Å². The molecular weight excluding hydrogens is 214 g/mol. The number of carbonyl (C=O) groups is 1. The second-order valence-electron chi connectivity index (χ2n) is 4.55. The van der Waals surface area contributed by atoms with E-state index in [1.807, 2.05) is 24.3 Å². The van der Waals surface area contributed by atoms with Crippen molar-refractivity contribution in [2.24, 2.45) is 5.92 Å². The number of hydrogen-bond donors (Lipinski definition) is 1. The Kier molecular flexibility index (Phi) is 4.02. The molecule has 17 heavy (non-hydrogen) atoms. The summed E-state index contributed by atoms with van der Waals surface area (Å²) < 4.78 is 5.08. The lowest BCUT2D eigenvalue weighted by molar-refractivity contribution is -0.120. The number of hydrogen-bond acceptors (Lipinski definition) is 2. The van der Waals surface area contributed by atoms with Gasteiger partial charge in [-0.1, -0.05) is 19.3 Å². The largest absolute Gasteiger partial charge is 0.497 e. The Morgan fingerprint density at radius 1 is 1.18 bits per heavy atom. The molecule has 0 atom stereocenters. The molecule has 0 heterocycles. The van der Waals surface area contributed by atoms with E-state index in [1.165, 1.54) is 19.3 Å². The summed E-state index contributed by atoms with van der Waals surface area (Å²) in [6, 6.07) is 7.46. The Labute approximate surface area is 102 Å². The molecule has 0 aromatic heterocycles. The van der Waals surface area contributed by atoms with Crippen LogP contribution < -0.4 is 10.1 Å². The zero-order valence-electron chi connectivity index (χ0n) is 10.2. The van der Waals surface area contributed by atoms with Crippen molar-refractivity contribution in [3.05, 3.63) is 24.3 Å². The Morgan fingerprint density at radius 2 is 1.82 bits per heavy atom. The summed E-state index contributed by atoms with van der Waals surface area (Å²) >= 11 is 0. The van der Waals surface area contributed by atoms with Crippen LogP contribution in [0.15, 0.2) is 24.3 Å². The predicted molar refractivity (Wildman–Crippen MR) is 68.2 cm³/mol. The second-order valence-corrected chi connectivity index (χ2v) is 4.55. The maximum atomic E-state index is 12.0. The van der Waals surface area contributed by atoms with Crippen LogP contribution in [0.4, 0.5) is 5.69 Å². The van der Waals surface area contributed by atoms with Gasteiger partial charge in [0.2, 0.25) is 5.91 Å². The number of benzene rings is 1. The van der Waals surface area contributed by atoms with Gasteiger partial charge in [-0.25, -0.2) is 0 Å². The first-order valence-electron chi connectivity index (χ1n) is 6.24. The fourth-order valence-electron chi connectivity index (χ4n) is 2.28. The molecule has 1 aromatic rings. The van der Waals surface area contributed by atoms with Crippen LogP contribution in [-0.2, 0) is 4.79 Å². The van der Waals surface area contributed by atoms with E-state index in [2.05, 4.69) is 5.32 Å². The molecule has 3 nitrogen and oxygen atoms in total. The lowest BCUT2D eigenvalue weighted by Crippen LogP contribution is -2.24. The van der Waals surface area contributed by atoms with E-state index < -0.39 is 0 Å². The Balaban J connectivity index is 1.92. The van der Waals surface area contributed by atoms with Gasteiger partial charge < -0.3 is 10.1 Å². The number of carbonyl (C=O) groups excluding carboxylic acids is 1. The van der Waals surface area contributed by atoms with E-state index in [4.69, 9.17) is 4.74 Å². The van der Waals surface area contributed by atoms with Crippen LogP contribution in [0, 0.1) is 5.92 Å². The first-order valence-corrected chi connectivity index (χ1v) is 6.24.